The Bertz CT molecular complexity index is 1120. The van der Waals surface area contributed by atoms with Gasteiger partial charge >= 0.3 is 5.97 Å². The van der Waals surface area contributed by atoms with E-state index in [-0.39, 0.29) is 16.6 Å². The minimum absolute atomic E-state index is 0.0370. The van der Waals surface area contributed by atoms with Crippen LogP contribution in [0.25, 0.3) is 0 Å². The van der Waals surface area contributed by atoms with Crippen LogP contribution in [0.4, 0.5) is 5.82 Å². The lowest BCUT2D eigenvalue weighted by molar-refractivity contribution is 0.0727. The topological polar surface area (TPSA) is 104 Å². The highest BCUT2D eigenvalue weighted by Gasteiger charge is 2.23. The number of nitrogens with zero attached hydrogens (tertiary/aromatic N) is 2. The van der Waals surface area contributed by atoms with Crippen molar-refractivity contribution in [3.63, 3.8) is 0 Å². The first kappa shape index (κ1) is 18.7. The number of hydrogen-bond donors (Lipinski definition) is 1. The number of nitrogens with two attached hydrogens (primary N) is 1. The molecule has 7 nitrogen and oxygen atoms in total. The number of hydrogen-bond acceptors (Lipinski definition) is 6. The van der Waals surface area contributed by atoms with Crippen LogP contribution in [0, 0.1) is 20.8 Å². The lowest BCUT2D eigenvalue weighted by atomic mass is 10.1. The molecule has 0 aliphatic rings. The van der Waals surface area contributed by atoms with Gasteiger partial charge in [0.15, 0.2) is 0 Å². The number of esters is 1. The van der Waals surface area contributed by atoms with Crippen LogP contribution in [0.3, 0.4) is 0 Å². The average molecular weight is 385 g/mol. The van der Waals surface area contributed by atoms with Crippen molar-refractivity contribution in [2.75, 3.05) is 5.73 Å². The summed E-state index contributed by atoms with van der Waals surface area (Å²) in [4.78, 5) is 12.3. The van der Waals surface area contributed by atoms with Crippen LogP contribution in [0.15, 0.2) is 53.4 Å². The molecule has 0 aliphatic carbocycles. The van der Waals surface area contributed by atoms with Crippen molar-refractivity contribution in [3.8, 4) is 5.88 Å². The number of aryl methyl sites for hydroxylation is 3. The van der Waals surface area contributed by atoms with Crippen LogP contribution in [0.1, 0.15) is 27.0 Å². The Kier molecular flexibility index (Phi) is 4.75. The number of nitrogen functional groups attached to an aromatic ring is 1. The zero-order chi connectivity index (χ0) is 19.8. The van der Waals surface area contributed by atoms with Gasteiger partial charge in [0, 0.05) is 6.07 Å². The Balaban J connectivity index is 1.89. The number of ether oxygens (including phenoxy) is 1. The smallest absolute Gasteiger partial charge is 0.344 e. The van der Waals surface area contributed by atoms with Gasteiger partial charge in [-0.1, -0.05) is 23.8 Å². The third kappa shape index (κ3) is 3.70. The zero-order valence-electron chi connectivity index (χ0n) is 15.1. The first-order valence-electron chi connectivity index (χ1n) is 8.16. The molecule has 0 radical (unpaired) electrons. The maximum atomic E-state index is 12.7. The van der Waals surface area contributed by atoms with E-state index >= 15 is 0 Å². The highest BCUT2D eigenvalue weighted by Crippen LogP contribution is 2.22. The van der Waals surface area contributed by atoms with Crippen LogP contribution in [-0.4, -0.2) is 23.6 Å². The number of anilines is 1. The molecule has 3 aromatic rings. The Hall–Kier alpha value is -3.13. The molecule has 1 heterocycles. The van der Waals surface area contributed by atoms with Crippen molar-refractivity contribution < 1.29 is 17.9 Å². The quantitative estimate of drug-likeness (QED) is 0.693. The summed E-state index contributed by atoms with van der Waals surface area (Å²) in [5.41, 5.74) is 9.03. The average Bonchev–Trinajstić information content (AvgIpc) is 2.98. The van der Waals surface area contributed by atoms with Gasteiger partial charge in [0.2, 0.25) is 5.88 Å². The Morgan fingerprint density at radius 1 is 1.00 bits per heavy atom. The van der Waals surface area contributed by atoms with Gasteiger partial charge in [0.05, 0.1) is 10.5 Å². The van der Waals surface area contributed by atoms with Gasteiger partial charge in [0.1, 0.15) is 5.82 Å². The van der Waals surface area contributed by atoms with E-state index in [0.29, 0.717) is 9.65 Å². The second kappa shape index (κ2) is 6.88. The first-order valence-corrected chi connectivity index (χ1v) is 9.60. The van der Waals surface area contributed by atoms with Gasteiger partial charge in [0.25, 0.3) is 10.0 Å². The molecule has 0 saturated heterocycles. The van der Waals surface area contributed by atoms with E-state index < -0.39 is 16.0 Å². The Morgan fingerprint density at radius 2 is 1.67 bits per heavy atom. The third-order valence-corrected chi connectivity index (χ3v) is 5.78. The van der Waals surface area contributed by atoms with Crippen molar-refractivity contribution in [1.82, 2.24) is 9.19 Å². The summed E-state index contributed by atoms with van der Waals surface area (Å²) in [6, 6.07) is 12.6. The fourth-order valence-electron chi connectivity index (χ4n) is 2.43. The Labute approximate surface area is 157 Å². The summed E-state index contributed by atoms with van der Waals surface area (Å²) >= 11 is 0. The van der Waals surface area contributed by atoms with E-state index in [2.05, 4.69) is 5.10 Å². The molecular weight excluding hydrogens is 366 g/mol. The minimum atomic E-state index is -3.99. The molecule has 0 saturated carbocycles. The highest BCUT2D eigenvalue weighted by molar-refractivity contribution is 7.90. The molecule has 0 aliphatic heterocycles. The summed E-state index contributed by atoms with van der Waals surface area (Å²) < 4.78 is 31.2. The number of carbonyl (C=O) groups is 1. The number of carbonyl (C=O) groups excluding carboxylic acids is 1. The highest BCUT2D eigenvalue weighted by atomic mass is 32.2. The largest absolute Gasteiger partial charge is 0.402 e. The SMILES string of the molecule is Cc1ccc(S(=O)(=O)n2nc(OC(=O)c3ccc(C)c(C)c3)cc2N)cc1. The maximum Gasteiger partial charge on any atom is 0.344 e. The van der Waals surface area contributed by atoms with Gasteiger partial charge in [-0.3, -0.25) is 0 Å². The molecule has 0 unspecified atom stereocenters. The minimum Gasteiger partial charge on any atom is -0.402 e. The zero-order valence-corrected chi connectivity index (χ0v) is 15.9. The molecular formula is C19H19N3O4S. The molecule has 8 heteroatoms. The molecule has 27 heavy (non-hydrogen) atoms. The lowest BCUT2D eigenvalue weighted by Crippen LogP contribution is -2.17. The normalized spacial score (nSPS) is 11.4. The van der Waals surface area contributed by atoms with E-state index in [9.17, 15) is 13.2 Å². The van der Waals surface area contributed by atoms with Crippen LogP contribution in [-0.2, 0) is 10.0 Å². The molecule has 0 amide bonds. The van der Waals surface area contributed by atoms with Crippen molar-refractivity contribution in [1.29, 1.82) is 0 Å². The molecule has 1 aromatic heterocycles. The number of benzene rings is 2. The Morgan fingerprint density at radius 3 is 2.30 bits per heavy atom. The standard InChI is InChI=1S/C19H19N3O4S/c1-12-4-8-16(9-5-12)27(24,25)22-17(20)11-18(21-22)26-19(23)15-7-6-13(2)14(3)10-15/h4-11H,20H2,1-3H3. The van der Waals surface area contributed by atoms with Crippen molar-refractivity contribution in [2.24, 2.45) is 0 Å². The summed E-state index contributed by atoms with van der Waals surface area (Å²) in [7, 11) is -3.99. The molecule has 0 fully saturated rings. The third-order valence-electron chi connectivity index (χ3n) is 4.17. The fraction of sp³-hybridized carbons (Fsp3) is 0.158. The van der Waals surface area contributed by atoms with Crippen LogP contribution in [0.2, 0.25) is 0 Å². The predicted octanol–water partition coefficient (Wildman–Crippen LogP) is 2.85. The molecule has 3 rings (SSSR count). The molecule has 2 N–H and O–H groups in total. The van der Waals surface area contributed by atoms with Gasteiger partial charge in [-0.15, -0.1) is 9.19 Å². The summed E-state index contributed by atoms with van der Waals surface area (Å²) in [6.45, 7) is 5.67. The predicted molar refractivity (Wildman–Crippen MR) is 101 cm³/mol. The molecule has 0 bridgehead atoms. The van der Waals surface area contributed by atoms with Gasteiger partial charge in [-0.25, -0.2) is 4.79 Å². The van der Waals surface area contributed by atoms with Crippen LogP contribution < -0.4 is 10.5 Å². The number of rotatable bonds is 4. The van der Waals surface area contributed by atoms with E-state index in [1.165, 1.54) is 18.2 Å². The van der Waals surface area contributed by atoms with E-state index in [1.54, 1.807) is 30.3 Å². The van der Waals surface area contributed by atoms with E-state index in [4.69, 9.17) is 10.5 Å². The molecule has 0 atom stereocenters. The summed E-state index contributed by atoms with van der Waals surface area (Å²) in [5, 5.41) is 3.85. The van der Waals surface area contributed by atoms with Gasteiger partial charge < -0.3 is 10.5 Å². The van der Waals surface area contributed by atoms with Gasteiger partial charge in [-0.05, 0) is 56.2 Å². The van der Waals surface area contributed by atoms with Crippen molar-refractivity contribution >= 4 is 21.8 Å². The second-order valence-corrected chi connectivity index (χ2v) is 8.02. The van der Waals surface area contributed by atoms with Crippen molar-refractivity contribution in [2.45, 2.75) is 25.7 Å². The first-order chi connectivity index (χ1) is 12.7. The summed E-state index contributed by atoms with van der Waals surface area (Å²) in [6.07, 6.45) is 0. The van der Waals surface area contributed by atoms with Gasteiger partial charge in [-0.2, -0.15) is 8.42 Å². The van der Waals surface area contributed by atoms with E-state index in [1.807, 2.05) is 20.8 Å². The fourth-order valence-corrected chi connectivity index (χ4v) is 3.63. The summed E-state index contributed by atoms with van der Waals surface area (Å²) in [5.74, 6) is -0.986. The van der Waals surface area contributed by atoms with Crippen LogP contribution >= 0.6 is 0 Å². The molecule has 0 spiro atoms. The number of aromatic nitrogens is 2. The van der Waals surface area contributed by atoms with Crippen LogP contribution in [0.5, 0.6) is 5.88 Å². The molecule has 2 aromatic carbocycles. The van der Waals surface area contributed by atoms with Crippen molar-refractivity contribution in [3.05, 3.63) is 70.8 Å². The lowest BCUT2D eigenvalue weighted by Gasteiger charge is -2.06. The monoisotopic (exact) mass is 385 g/mol. The maximum absolute atomic E-state index is 12.7. The molecule has 140 valence electrons. The van der Waals surface area contributed by atoms with E-state index in [0.717, 1.165) is 16.7 Å². The second-order valence-electron chi connectivity index (χ2n) is 6.26.